The first-order chi connectivity index (χ1) is 13.5. The van der Waals surface area contributed by atoms with Gasteiger partial charge in [-0.1, -0.05) is 23.7 Å². The number of halogens is 1. The number of carbonyl (C=O) groups excluding carboxylic acids is 2. The number of methoxy groups -OCH3 is 1. The van der Waals surface area contributed by atoms with Crippen molar-refractivity contribution in [2.24, 2.45) is 5.73 Å². The van der Waals surface area contributed by atoms with Crippen LogP contribution < -0.4 is 5.73 Å². The van der Waals surface area contributed by atoms with Crippen LogP contribution in [0, 0.1) is 0 Å². The van der Waals surface area contributed by atoms with E-state index in [-0.39, 0.29) is 12.2 Å². The van der Waals surface area contributed by atoms with Crippen LogP contribution in [-0.4, -0.2) is 43.4 Å². The van der Waals surface area contributed by atoms with Gasteiger partial charge in [-0.2, -0.15) is 0 Å². The Morgan fingerprint density at radius 2 is 2.00 bits per heavy atom. The van der Waals surface area contributed by atoms with Gasteiger partial charge in [0.15, 0.2) is 0 Å². The van der Waals surface area contributed by atoms with Crippen LogP contribution in [0.15, 0.2) is 24.3 Å². The van der Waals surface area contributed by atoms with E-state index in [0.717, 1.165) is 60.0 Å². The summed E-state index contributed by atoms with van der Waals surface area (Å²) in [4.78, 5) is 29.0. The summed E-state index contributed by atoms with van der Waals surface area (Å²) in [6.45, 7) is 3.40. The lowest BCUT2D eigenvalue weighted by molar-refractivity contribution is -0.117. The predicted molar refractivity (Wildman–Crippen MR) is 112 cm³/mol. The fraction of sp³-hybridized carbons (Fsp3) is 0.429. The molecule has 0 atom stereocenters. The minimum atomic E-state index is -0.431. The van der Waals surface area contributed by atoms with Crippen molar-refractivity contribution in [3.05, 3.63) is 55.7 Å². The van der Waals surface area contributed by atoms with Crippen LogP contribution in [-0.2, 0) is 35.3 Å². The smallest absolute Gasteiger partial charge is 0.250 e. The number of primary amides is 1. The maximum atomic E-state index is 12.6. The van der Waals surface area contributed by atoms with Crippen molar-refractivity contribution in [1.29, 1.82) is 0 Å². The Morgan fingerprint density at radius 3 is 2.68 bits per heavy atom. The van der Waals surface area contributed by atoms with Gasteiger partial charge in [-0.15, -0.1) is 11.3 Å². The standard InChI is InChI=1S/C21H25ClN2O3S/c1-27-10-2-8-24-9-7-17-19(13-24)28-18(20(17)21(23)26)12-16(25)11-14-3-5-15(22)6-4-14/h3-6H,2,7-13H2,1H3,(H2,23,26). The first-order valence-corrected chi connectivity index (χ1v) is 10.6. The first-order valence-electron chi connectivity index (χ1n) is 9.38. The van der Waals surface area contributed by atoms with Gasteiger partial charge in [0.2, 0.25) is 5.91 Å². The second-order valence-electron chi connectivity index (χ2n) is 7.06. The molecule has 0 radical (unpaired) electrons. The highest BCUT2D eigenvalue weighted by Crippen LogP contribution is 2.33. The summed E-state index contributed by atoms with van der Waals surface area (Å²) in [5.41, 5.74) is 8.20. The number of amides is 1. The van der Waals surface area contributed by atoms with Crippen molar-refractivity contribution in [2.45, 2.75) is 32.2 Å². The third kappa shape index (κ3) is 5.20. The molecule has 150 valence electrons. The summed E-state index contributed by atoms with van der Waals surface area (Å²) in [7, 11) is 1.71. The lowest BCUT2D eigenvalue weighted by Gasteiger charge is -2.26. The largest absolute Gasteiger partial charge is 0.385 e. The molecule has 28 heavy (non-hydrogen) atoms. The first kappa shape index (κ1) is 21.0. The Hall–Kier alpha value is -1.73. The second-order valence-corrected chi connectivity index (χ2v) is 8.68. The fourth-order valence-corrected chi connectivity index (χ4v) is 5.18. The topological polar surface area (TPSA) is 72.6 Å². The molecule has 0 aliphatic carbocycles. The number of hydrogen-bond acceptors (Lipinski definition) is 5. The zero-order chi connectivity index (χ0) is 20.1. The Bertz CT molecular complexity index is 848. The van der Waals surface area contributed by atoms with E-state index in [1.807, 2.05) is 12.1 Å². The van der Waals surface area contributed by atoms with Crippen molar-refractivity contribution >= 4 is 34.6 Å². The van der Waals surface area contributed by atoms with E-state index in [0.29, 0.717) is 17.0 Å². The van der Waals surface area contributed by atoms with Gasteiger partial charge >= 0.3 is 0 Å². The maximum absolute atomic E-state index is 12.6. The van der Waals surface area contributed by atoms with Crippen molar-refractivity contribution < 1.29 is 14.3 Å². The van der Waals surface area contributed by atoms with Crippen LogP contribution in [0.4, 0.5) is 0 Å². The van der Waals surface area contributed by atoms with Gasteiger partial charge in [0.25, 0.3) is 0 Å². The Morgan fingerprint density at radius 1 is 1.25 bits per heavy atom. The molecule has 0 bridgehead atoms. The van der Waals surface area contributed by atoms with E-state index in [9.17, 15) is 9.59 Å². The minimum absolute atomic E-state index is 0.0698. The maximum Gasteiger partial charge on any atom is 0.250 e. The number of hydrogen-bond donors (Lipinski definition) is 1. The molecule has 2 aromatic rings. The minimum Gasteiger partial charge on any atom is -0.385 e. The Balaban J connectivity index is 1.72. The molecule has 2 N–H and O–H groups in total. The van der Waals surface area contributed by atoms with Gasteiger partial charge in [0.05, 0.1) is 5.56 Å². The van der Waals surface area contributed by atoms with Gasteiger partial charge < -0.3 is 10.5 Å². The summed E-state index contributed by atoms with van der Waals surface area (Å²) in [6.07, 6.45) is 2.33. The highest BCUT2D eigenvalue weighted by Gasteiger charge is 2.27. The normalized spacial score (nSPS) is 14.1. The second kappa shape index (κ2) is 9.65. The summed E-state index contributed by atoms with van der Waals surface area (Å²) in [5.74, 6) is -0.361. The number of Topliss-reactive ketones (excluding diaryl/α,β-unsaturated/α-hetero) is 1. The summed E-state index contributed by atoms with van der Waals surface area (Å²) in [5, 5.41) is 0.646. The molecule has 1 aliphatic heterocycles. The SMILES string of the molecule is COCCCN1CCc2c(sc(CC(=O)Cc3ccc(Cl)cc3)c2C(N)=O)C1. The van der Waals surface area contributed by atoms with Crippen LogP contribution in [0.2, 0.25) is 5.02 Å². The number of rotatable bonds is 9. The molecule has 0 fully saturated rings. The molecule has 2 heterocycles. The Labute approximate surface area is 174 Å². The van der Waals surface area contributed by atoms with Crippen LogP contribution in [0.25, 0.3) is 0 Å². The third-order valence-electron chi connectivity index (χ3n) is 4.95. The Kier molecular flexibility index (Phi) is 7.24. The molecule has 1 aliphatic rings. The number of thiophene rings is 1. The van der Waals surface area contributed by atoms with E-state index in [2.05, 4.69) is 4.90 Å². The number of benzene rings is 1. The van der Waals surface area contributed by atoms with E-state index in [4.69, 9.17) is 22.1 Å². The predicted octanol–water partition coefficient (Wildman–Crippen LogP) is 3.25. The molecular formula is C21H25ClN2O3S. The van der Waals surface area contributed by atoms with Crippen LogP contribution in [0.3, 0.4) is 0 Å². The van der Waals surface area contributed by atoms with Gasteiger partial charge in [0, 0.05) is 61.0 Å². The molecule has 3 rings (SSSR count). The van der Waals surface area contributed by atoms with Crippen LogP contribution >= 0.6 is 22.9 Å². The van der Waals surface area contributed by atoms with E-state index < -0.39 is 5.91 Å². The van der Waals surface area contributed by atoms with Crippen molar-refractivity contribution in [2.75, 3.05) is 26.8 Å². The molecule has 0 spiro atoms. The number of ketones is 1. The lowest BCUT2D eigenvalue weighted by atomic mass is 9.98. The van der Waals surface area contributed by atoms with Gasteiger partial charge in [-0.05, 0) is 36.1 Å². The zero-order valence-corrected chi connectivity index (χ0v) is 17.6. The molecule has 5 nitrogen and oxygen atoms in total. The summed E-state index contributed by atoms with van der Waals surface area (Å²) in [6, 6.07) is 7.27. The molecule has 1 amide bonds. The highest BCUT2D eigenvalue weighted by molar-refractivity contribution is 7.12. The highest BCUT2D eigenvalue weighted by atomic mass is 35.5. The summed E-state index contributed by atoms with van der Waals surface area (Å²) < 4.78 is 5.13. The third-order valence-corrected chi connectivity index (χ3v) is 6.42. The number of ether oxygens (including phenoxy) is 1. The monoisotopic (exact) mass is 420 g/mol. The molecule has 1 aromatic carbocycles. The molecule has 7 heteroatoms. The van der Waals surface area contributed by atoms with Crippen molar-refractivity contribution in [3.63, 3.8) is 0 Å². The molecular weight excluding hydrogens is 396 g/mol. The average Bonchev–Trinajstić information content (AvgIpc) is 3.01. The number of nitrogens with zero attached hydrogens (tertiary/aromatic N) is 1. The van der Waals surface area contributed by atoms with Crippen LogP contribution in [0.5, 0.6) is 0 Å². The van der Waals surface area contributed by atoms with Crippen molar-refractivity contribution in [3.8, 4) is 0 Å². The van der Waals surface area contributed by atoms with Crippen LogP contribution in [0.1, 0.15) is 37.7 Å². The van der Waals surface area contributed by atoms with E-state index in [1.165, 1.54) is 0 Å². The van der Waals surface area contributed by atoms with E-state index >= 15 is 0 Å². The fourth-order valence-electron chi connectivity index (χ4n) is 3.62. The van der Waals surface area contributed by atoms with Crippen molar-refractivity contribution in [1.82, 2.24) is 4.90 Å². The molecule has 1 aromatic heterocycles. The van der Waals surface area contributed by atoms with E-state index in [1.54, 1.807) is 30.6 Å². The lowest BCUT2D eigenvalue weighted by Crippen LogP contribution is -2.32. The number of fused-ring (bicyclic) bond motifs is 1. The molecule has 0 unspecified atom stereocenters. The van der Waals surface area contributed by atoms with Gasteiger partial charge in [-0.25, -0.2) is 0 Å². The number of nitrogens with two attached hydrogens (primary N) is 1. The number of carbonyl (C=O) groups is 2. The van der Waals surface area contributed by atoms with Gasteiger partial charge in [-0.3, -0.25) is 14.5 Å². The quantitative estimate of drug-likeness (QED) is 0.632. The van der Waals surface area contributed by atoms with Gasteiger partial charge in [0.1, 0.15) is 5.78 Å². The zero-order valence-electron chi connectivity index (χ0n) is 16.0. The summed E-state index contributed by atoms with van der Waals surface area (Å²) >= 11 is 7.46. The molecule has 0 saturated carbocycles. The molecule has 0 saturated heterocycles. The average molecular weight is 421 g/mol.